The third kappa shape index (κ3) is 3.94. The molecule has 1 atom stereocenters. The topological polar surface area (TPSA) is 76.2 Å². The van der Waals surface area contributed by atoms with Gasteiger partial charge in [0.25, 0.3) is 0 Å². The highest BCUT2D eigenvalue weighted by Crippen LogP contribution is 2.17. The van der Waals surface area contributed by atoms with Crippen LogP contribution in [0.25, 0.3) is 0 Å². The van der Waals surface area contributed by atoms with E-state index in [-0.39, 0.29) is 5.91 Å². The highest BCUT2D eigenvalue weighted by Gasteiger charge is 2.24. The molecule has 2 aromatic rings. The molecular weight excluding hydrogens is 282 g/mol. The van der Waals surface area contributed by atoms with Crippen molar-refractivity contribution in [1.29, 1.82) is 0 Å². The van der Waals surface area contributed by atoms with Crippen molar-refractivity contribution in [3.63, 3.8) is 0 Å². The Morgan fingerprint density at radius 1 is 1.45 bits per heavy atom. The summed E-state index contributed by atoms with van der Waals surface area (Å²) in [6.07, 6.45) is 8.31. The number of carbonyl (C=O) groups is 1. The molecule has 7 heteroatoms. The van der Waals surface area contributed by atoms with E-state index in [0.29, 0.717) is 19.1 Å². The molecule has 1 aliphatic heterocycles. The van der Waals surface area contributed by atoms with Gasteiger partial charge in [0, 0.05) is 6.04 Å². The predicted octanol–water partition coefficient (Wildman–Crippen LogP) is 1.04. The Kier molecular flexibility index (Phi) is 4.85. The molecule has 3 heterocycles. The lowest BCUT2D eigenvalue weighted by atomic mass is 10.0. The molecule has 0 bridgehead atoms. The largest absolute Gasteiger partial charge is 0.467 e. The Morgan fingerprint density at radius 3 is 3.18 bits per heavy atom. The normalized spacial score (nSPS) is 19.2. The number of carbonyl (C=O) groups excluding carboxylic acids is 1. The third-order valence-electron chi connectivity index (χ3n) is 4.00. The summed E-state index contributed by atoms with van der Waals surface area (Å²) in [6, 6.07) is 4.01. The number of hydrogen-bond donors (Lipinski definition) is 1. The zero-order valence-corrected chi connectivity index (χ0v) is 12.5. The van der Waals surface area contributed by atoms with E-state index in [0.717, 1.165) is 31.7 Å². The van der Waals surface area contributed by atoms with Crippen molar-refractivity contribution in [3.8, 4) is 0 Å². The lowest BCUT2D eigenvalue weighted by molar-refractivity contribution is -0.123. The summed E-state index contributed by atoms with van der Waals surface area (Å²) in [5.74, 6) is 0.799. The quantitative estimate of drug-likeness (QED) is 0.863. The van der Waals surface area contributed by atoms with E-state index in [1.165, 1.54) is 6.42 Å². The molecule has 2 aromatic heterocycles. The molecule has 1 amide bonds. The number of amides is 1. The molecular formula is C15H21N5O2. The first-order valence-electron chi connectivity index (χ1n) is 7.67. The molecule has 22 heavy (non-hydrogen) atoms. The summed E-state index contributed by atoms with van der Waals surface area (Å²) < 4.78 is 7.06. The second-order valence-electron chi connectivity index (χ2n) is 5.59. The van der Waals surface area contributed by atoms with Crippen molar-refractivity contribution in [2.45, 2.75) is 38.4 Å². The van der Waals surface area contributed by atoms with Gasteiger partial charge in [0.15, 0.2) is 0 Å². The molecule has 118 valence electrons. The molecule has 0 aromatic carbocycles. The Morgan fingerprint density at radius 2 is 2.41 bits per heavy atom. The van der Waals surface area contributed by atoms with Gasteiger partial charge in [0.1, 0.15) is 18.4 Å². The third-order valence-corrected chi connectivity index (χ3v) is 4.00. The smallest absolute Gasteiger partial charge is 0.234 e. The van der Waals surface area contributed by atoms with Crippen molar-refractivity contribution in [1.82, 2.24) is 25.0 Å². The van der Waals surface area contributed by atoms with E-state index in [4.69, 9.17) is 4.42 Å². The summed E-state index contributed by atoms with van der Waals surface area (Å²) in [5.41, 5.74) is 0. The predicted molar refractivity (Wildman–Crippen MR) is 79.8 cm³/mol. The first-order chi connectivity index (χ1) is 10.8. The lowest BCUT2D eigenvalue weighted by Crippen LogP contribution is -2.47. The van der Waals surface area contributed by atoms with Gasteiger partial charge in [-0.05, 0) is 31.5 Å². The van der Waals surface area contributed by atoms with Gasteiger partial charge in [-0.1, -0.05) is 6.42 Å². The Bertz CT molecular complexity index is 567. The van der Waals surface area contributed by atoms with E-state index in [1.807, 2.05) is 16.8 Å². The Hall–Kier alpha value is -2.15. The summed E-state index contributed by atoms with van der Waals surface area (Å²) >= 11 is 0. The summed E-state index contributed by atoms with van der Waals surface area (Å²) in [7, 11) is 0. The van der Waals surface area contributed by atoms with Crippen LogP contribution in [0.3, 0.4) is 0 Å². The first kappa shape index (κ1) is 14.8. The van der Waals surface area contributed by atoms with Crippen molar-refractivity contribution < 1.29 is 9.21 Å². The fourth-order valence-electron chi connectivity index (χ4n) is 2.86. The number of piperidine rings is 1. The van der Waals surface area contributed by atoms with Gasteiger partial charge in [0.05, 0.1) is 25.9 Å². The highest BCUT2D eigenvalue weighted by molar-refractivity contribution is 5.78. The number of nitrogens with one attached hydrogen (secondary N) is 1. The van der Waals surface area contributed by atoms with E-state index in [1.54, 1.807) is 18.9 Å². The second-order valence-corrected chi connectivity index (χ2v) is 5.59. The fourth-order valence-corrected chi connectivity index (χ4v) is 2.86. The summed E-state index contributed by atoms with van der Waals surface area (Å²) in [4.78, 5) is 18.3. The van der Waals surface area contributed by atoms with Crippen LogP contribution in [0.1, 0.15) is 25.0 Å². The van der Waals surface area contributed by atoms with Gasteiger partial charge in [-0.2, -0.15) is 5.10 Å². The van der Waals surface area contributed by atoms with Gasteiger partial charge in [-0.15, -0.1) is 0 Å². The summed E-state index contributed by atoms with van der Waals surface area (Å²) in [6.45, 7) is 2.59. The van der Waals surface area contributed by atoms with Crippen LogP contribution in [-0.4, -0.2) is 44.7 Å². The van der Waals surface area contributed by atoms with Crippen LogP contribution in [0.5, 0.6) is 0 Å². The highest BCUT2D eigenvalue weighted by atomic mass is 16.3. The van der Waals surface area contributed by atoms with Gasteiger partial charge in [0.2, 0.25) is 5.91 Å². The minimum atomic E-state index is 0.0295. The number of likely N-dealkylation sites (tertiary alicyclic amines) is 1. The zero-order valence-electron chi connectivity index (χ0n) is 12.5. The maximum atomic E-state index is 12.1. The molecule has 1 unspecified atom stereocenters. The summed E-state index contributed by atoms with van der Waals surface area (Å²) in [5, 5.41) is 7.06. The molecule has 0 radical (unpaired) electrons. The number of rotatable bonds is 6. The van der Waals surface area contributed by atoms with E-state index in [9.17, 15) is 4.79 Å². The number of hydrogen-bond acceptors (Lipinski definition) is 5. The second kappa shape index (κ2) is 7.22. The average molecular weight is 303 g/mol. The van der Waals surface area contributed by atoms with Crippen molar-refractivity contribution in [2.24, 2.45) is 0 Å². The molecule has 1 fully saturated rings. The standard InChI is InChI=1S/C15H21N5O2/c21-15(17-8-14-5-3-7-22-14)10-19-6-2-1-4-13(19)9-20-12-16-11-18-20/h3,5,7,11-13H,1-2,4,6,8-10H2,(H,17,21). The average Bonchev–Trinajstić information content (AvgIpc) is 3.20. The van der Waals surface area contributed by atoms with E-state index in [2.05, 4.69) is 20.3 Å². The molecule has 1 N–H and O–H groups in total. The molecule has 1 saturated heterocycles. The monoisotopic (exact) mass is 303 g/mol. The number of nitrogens with zero attached hydrogens (tertiary/aromatic N) is 4. The SMILES string of the molecule is O=C(CN1CCCCC1Cn1cncn1)NCc1ccco1. The van der Waals surface area contributed by atoms with Crippen molar-refractivity contribution in [2.75, 3.05) is 13.1 Å². The van der Waals surface area contributed by atoms with Crippen molar-refractivity contribution >= 4 is 5.91 Å². The molecule has 0 aliphatic carbocycles. The maximum absolute atomic E-state index is 12.1. The van der Waals surface area contributed by atoms with Gasteiger partial charge in [-0.3, -0.25) is 14.4 Å². The minimum Gasteiger partial charge on any atom is -0.467 e. The molecule has 0 spiro atoms. The van der Waals surface area contributed by atoms with Crippen LogP contribution < -0.4 is 5.32 Å². The Labute approximate surface area is 129 Å². The number of aromatic nitrogens is 3. The van der Waals surface area contributed by atoms with Gasteiger partial charge >= 0.3 is 0 Å². The van der Waals surface area contributed by atoms with Crippen LogP contribution in [0.2, 0.25) is 0 Å². The molecule has 1 aliphatic rings. The molecule has 0 saturated carbocycles. The van der Waals surface area contributed by atoms with Crippen LogP contribution in [0.4, 0.5) is 0 Å². The van der Waals surface area contributed by atoms with Gasteiger partial charge in [-0.25, -0.2) is 4.98 Å². The van der Waals surface area contributed by atoms with E-state index >= 15 is 0 Å². The lowest BCUT2D eigenvalue weighted by Gasteiger charge is -2.34. The van der Waals surface area contributed by atoms with Crippen molar-refractivity contribution in [3.05, 3.63) is 36.8 Å². The van der Waals surface area contributed by atoms with Crippen LogP contribution >= 0.6 is 0 Å². The van der Waals surface area contributed by atoms with Gasteiger partial charge < -0.3 is 9.73 Å². The zero-order chi connectivity index (χ0) is 15.2. The maximum Gasteiger partial charge on any atom is 0.234 e. The number of furan rings is 1. The molecule has 3 rings (SSSR count). The fraction of sp³-hybridized carbons (Fsp3) is 0.533. The van der Waals surface area contributed by atoms with Crippen LogP contribution in [0, 0.1) is 0 Å². The first-order valence-corrected chi connectivity index (χ1v) is 7.67. The molecule has 7 nitrogen and oxygen atoms in total. The Balaban J connectivity index is 1.51. The minimum absolute atomic E-state index is 0.0295. The van der Waals surface area contributed by atoms with E-state index < -0.39 is 0 Å². The van der Waals surface area contributed by atoms with Crippen LogP contribution in [-0.2, 0) is 17.9 Å². The van der Waals surface area contributed by atoms with Crippen LogP contribution in [0.15, 0.2) is 35.5 Å².